The fraction of sp³-hybridized carbons (Fsp3) is 0.250. The number of carbonyl (C=O) groups is 2. The molecule has 1 aliphatic rings. The minimum absolute atomic E-state index is 0.0539. The van der Waals surface area contributed by atoms with Crippen LogP contribution in [0.5, 0.6) is 0 Å². The number of oxime groups is 1. The molecule has 1 saturated heterocycles. The third kappa shape index (κ3) is 3.58. The summed E-state index contributed by atoms with van der Waals surface area (Å²) in [5.41, 5.74) is 0.929. The molecule has 0 unspecified atom stereocenters. The van der Waals surface area contributed by atoms with Crippen molar-refractivity contribution < 1.29 is 23.9 Å². The highest BCUT2D eigenvalue weighted by Crippen LogP contribution is 2.03. The lowest BCUT2D eigenvalue weighted by Crippen LogP contribution is -2.13. The van der Waals surface area contributed by atoms with Gasteiger partial charge in [-0.05, 0) is 10.7 Å². The average Bonchev–Trinajstić information content (AvgIpc) is 2.52. The molecule has 6 heteroatoms. The standard InChI is InChI=1S/C12H11NO5/c14-11-6-12(15)18-10(8-16-11)13-17-7-9-4-2-1-3-5-9/h1-5H,6-8H2/b13-10+. The number of cyclic esters (lactones) is 2. The van der Waals surface area contributed by atoms with Gasteiger partial charge in [-0.3, -0.25) is 9.59 Å². The quantitative estimate of drug-likeness (QED) is 0.454. The molecule has 0 aromatic heterocycles. The Morgan fingerprint density at radius 1 is 1.17 bits per heavy atom. The van der Waals surface area contributed by atoms with Crippen molar-refractivity contribution in [3.8, 4) is 0 Å². The molecule has 0 spiro atoms. The van der Waals surface area contributed by atoms with Crippen LogP contribution in [-0.4, -0.2) is 24.4 Å². The van der Waals surface area contributed by atoms with Crippen molar-refractivity contribution in [1.29, 1.82) is 0 Å². The zero-order valence-corrected chi connectivity index (χ0v) is 9.50. The van der Waals surface area contributed by atoms with Crippen molar-refractivity contribution in [1.82, 2.24) is 0 Å². The fourth-order valence-electron chi connectivity index (χ4n) is 1.31. The van der Waals surface area contributed by atoms with E-state index in [2.05, 4.69) is 5.16 Å². The van der Waals surface area contributed by atoms with Crippen LogP contribution in [-0.2, 0) is 30.5 Å². The predicted molar refractivity (Wildman–Crippen MR) is 60.3 cm³/mol. The first-order chi connectivity index (χ1) is 8.74. The normalized spacial score (nSPS) is 17.9. The van der Waals surface area contributed by atoms with Gasteiger partial charge in [0.25, 0.3) is 5.90 Å². The second-order valence-electron chi connectivity index (χ2n) is 3.56. The summed E-state index contributed by atoms with van der Waals surface area (Å²) in [7, 11) is 0. The number of carbonyl (C=O) groups excluding carboxylic acids is 2. The molecule has 18 heavy (non-hydrogen) atoms. The van der Waals surface area contributed by atoms with Gasteiger partial charge in [0.2, 0.25) is 0 Å². The molecule has 6 nitrogen and oxygen atoms in total. The van der Waals surface area contributed by atoms with Gasteiger partial charge in [0.15, 0.2) is 6.61 Å². The van der Waals surface area contributed by atoms with E-state index in [0.29, 0.717) is 0 Å². The molecule has 0 saturated carbocycles. The van der Waals surface area contributed by atoms with Crippen LogP contribution in [0.25, 0.3) is 0 Å². The number of hydrogen-bond donors (Lipinski definition) is 0. The molecule has 1 aliphatic heterocycles. The van der Waals surface area contributed by atoms with Crippen molar-refractivity contribution in [2.45, 2.75) is 13.0 Å². The lowest BCUT2D eigenvalue weighted by Gasteiger charge is -2.03. The van der Waals surface area contributed by atoms with Gasteiger partial charge in [-0.25, -0.2) is 0 Å². The summed E-state index contributed by atoms with van der Waals surface area (Å²) in [6, 6.07) is 9.39. The lowest BCUT2D eigenvalue weighted by atomic mass is 10.2. The maximum Gasteiger partial charge on any atom is 0.323 e. The highest BCUT2D eigenvalue weighted by molar-refractivity contribution is 6.00. The van der Waals surface area contributed by atoms with E-state index in [-0.39, 0.29) is 19.1 Å². The van der Waals surface area contributed by atoms with Crippen LogP contribution in [0.4, 0.5) is 0 Å². The highest BCUT2D eigenvalue weighted by atomic mass is 16.7. The maximum absolute atomic E-state index is 11.1. The van der Waals surface area contributed by atoms with Crippen molar-refractivity contribution in [3.63, 3.8) is 0 Å². The van der Waals surface area contributed by atoms with Crippen LogP contribution in [0.2, 0.25) is 0 Å². The number of ether oxygens (including phenoxy) is 2. The minimum atomic E-state index is -0.695. The van der Waals surface area contributed by atoms with E-state index in [4.69, 9.17) is 14.3 Å². The summed E-state index contributed by atoms with van der Waals surface area (Å²) < 4.78 is 9.45. The van der Waals surface area contributed by atoms with Gasteiger partial charge in [0, 0.05) is 0 Å². The molecule has 0 bridgehead atoms. The lowest BCUT2D eigenvalue weighted by molar-refractivity contribution is -0.146. The minimum Gasteiger partial charge on any atom is -0.455 e. The number of hydrogen-bond acceptors (Lipinski definition) is 6. The number of benzene rings is 1. The Labute approximate surface area is 103 Å². The van der Waals surface area contributed by atoms with Gasteiger partial charge in [-0.15, -0.1) is 0 Å². The van der Waals surface area contributed by atoms with Crippen LogP contribution < -0.4 is 0 Å². The summed E-state index contributed by atoms with van der Waals surface area (Å²) >= 11 is 0. The summed E-state index contributed by atoms with van der Waals surface area (Å²) in [6.07, 6.45) is -0.405. The smallest absolute Gasteiger partial charge is 0.323 e. The van der Waals surface area contributed by atoms with Gasteiger partial charge in [0.05, 0.1) is 0 Å². The molecule has 0 radical (unpaired) electrons. The molecule has 0 atom stereocenters. The SMILES string of the molecule is O=C1CC(=O)O/C(=N/OCc2ccccc2)CO1. The third-order valence-electron chi connectivity index (χ3n) is 2.12. The van der Waals surface area contributed by atoms with E-state index in [9.17, 15) is 9.59 Å². The molecule has 94 valence electrons. The van der Waals surface area contributed by atoms with E-state index in [1.807, 2.05) is 30.3 Å². The molecule has 1 fully saturated rings. The third-order valence-corrected chi connectivity index (χ3v) is 2.12. The van der Waals surface area contributed by atoms with Crippen LogP contribution in [0, 0.1) is 0 Å². The van der Waals surface area contributed by atoms with Crippen molar-refractivity contribution in [3.05, 3.63) is 35.9 Å². The average molecular weight is 249 g/mol. The Kier molecular flexibility index (Phi) is 3.90. The number of nitrogens with zero attached hydrogens (tertiary/aromatic N) is 1. The Balaban J connectivity index is 1.89. The molecule has 1 aromatic rings. The first kappa shape index (κ1) is 12.1. The summed E-state index contributed by atoms with van der Waals surface area (Å²) in [5, 5.41) is 3.62. The van der Waals surface area contributed by atoms with Crippen molar-refractivity contribution in [2.24, 2.45) is 5.16 Å². The van der Waals surface area contributed by atoms with E-state index < -0.39 is 18.4 Å². The first-order valence-corrected chi connectivity index (χ1v) is 5.33. The van der Waals surface area contributed by atoms with Gasteiger partial charge in [-0.1, -0.05) is 30.3 Å². The molecule has 0 amide bonds. The zero-order valence-electron chi connectivity index (χ0n) is 9.50. The van der Waals surface area contributed by atoms with Gasteiger partial charge in [0.1, 0.15) is 13.0 Å². The second-order valence-corrected chi connectivity index (χ2v) is 3.56. The largest absolute Gasteiger partial charge is 0.455 e. The highest BCUT2D eigenvalue weighted by Gasteiger charge is 2.21. The Bertz CT molecular complexity index is 469. The Morgan fingerprint density at radius 2 is 1.94 bits per heavy atom. The van der Waals surface area contributed by atoms with Crippen LogP contribution >= 0.6 is 0 Å². The molecular formula is C12H11NO5. The van der Waals surface area contributed by atoms with Crippen LogP contribution in [0.1, 0.15) is 12.0 Å². The van der Waals surface area contributed by atoms with Crippen LogP contribution in [0.3, 0.4) is 0 Å². The van der Waals surface area contributed by atoms with Gasteiger partial charge >= 0.3 is 11.9 Å². The summed E-state index contributed by atoms with van der Waals surface area (Å²) in [5.74, 6) is -1.38. The Hall–Kier alpha value is -2.37. The molecule has 1 heterocycles. The maximum atomic E-state index is 11.1. The molecular weight excluding hydrogens is 238 g/mol. The molecule has 1 aromatic carbocycles. The number of rotatable bonds is 3. The first-order valence-electron chi connectivity index (χ1n) is 5.33. The molecule has 0 aliphatic carbocycles. The van der Waals surface area contributed by atoms with Crippen LogP contribution in [0.15, 0.2) is 35.5 Å². The zero-order chi connectivity index (χ0) is 12.8. The summed E-state index contributed by atoms with van der Waals surface area (Å²) in [6.45, 7) is 0.0508. The van der Waals surface area contributed by atoms with E-state index >= 15 is 0 Å². The van der Waals surface area contributed by atoms with E-state index in [1.165, 1.54) is 0 Å². The van der Waals surface area contributed by atoms with Gasteiger partial charge < -0.3 is 14.3 Å². The van der Waals surface area contributed by atoms with Crippen molar-refractivity contribution in [2.75, 3.05) is 6.61 Å². The summed E-state index contributed by atoms with van der Waals surface area (Å²) in [4.78, 5) is 27.0. The Morgan fingerprint density at radius 3 is 2.72 bits per heavy atom. The van der Waals surface area contributed by atoms with Gasteiger partial charge in [-0.2, -0.15) is 0 Å². The molecule has 2 rings (SSSR count). The van der Waals surface area contributed by atoms with Crippen molar-refractivity contribution >= 4 is 17.8 Å². The second kappa shape index (κ2) is 5.81. The van der Waals surface area contributed by atoms with E-state index in [0.717, 1.165) is 5.56 Å². The topological polar surface area (TPSA) is 74.2 Å². The molecule has 0 N–H and O–H groups in total. The fourth-order valence-corrected chi connectivity index (χ4v) is 1.31. The monoisotopic (exact) mass is 249 g/mol. The predicted octanol–water partition coefficient (Wildman–Crippen LogP) is 1.01. The number of esters is 2. The van der Waals surface area contributed by atoms with E-state index in [1.54, 1.807) is 0 Å².